The van der Waals surface area contributed by atoms with Crippen molar-refractivity contribution in [1.29, 1.82) is 0 Å². The van der Waals surface area contributed by atoms with Gasteiger partial charge in [0, 0.05) is 31.7 Å². The number of thiazole rings is 1. The molecule has 0 bridgehead atoms. The molecule has 1 N–H and O–H groups in total. The highest BCUT2D eigenvalue weighted by atomic mass is 32.2. The van der Waals surface area contributed by atoms with Gasteiger partial charge in [0.25, 0.3) is 5.91 Å². The average Bonchev–Trinajstić information content (AvgIpc) is 3.35. The SMILES string of the molecule is CCN(CC)S(=O)(=O)c1cc(C(=O)Nc2nc(-c3cccs3)cs2)n(C)c1. The number of hydrogen-bond acceptors (Lipinski definition) is 6. The fourth-order valence-electron chi connectivity index (χ4n) is 2.64. The van der Waals surface area contributed by atoms with Crippen molar-refractivity contribution in [2.75, 3.05) is 18.4 Å². The lowest BCUT2D eigenvalue weighted by atomic mass is 10.4. The zero-order chi connectivity index (χ0) is 19.6. The second-order valence-corrected chi connectivity index (χ2v) is 9.47. The first kappa shape index (κ1) is 19.7. The summed E-state index contributed by atoms with van der Waals surface area (Å²) >= 11 is 2.91. The summed E-state index contributed by atoms with van der Waals surface area (Å²) in [7, 11) is -1.97. The number of sulfonamides is 1. The Hall–Kier alpha value is -2.01. The Morgan fingerprint density at radius 2 is 2.04 bits per heavy atom. The van der Waals surface area contributed by atoms with Crippen LogP contribution >= 0.6 is 22.7 Å². The summed E-state index contributed by atoms with van der Waals surface area (Å²) in [5.41, 5.74) is 1.07. The molecule has 0 aliphatic heterocycles. The molecule has 0 spiro atoms. The van der Waals surface area contributed by atoms with Crippen LogP contribution in [0.25, 0.3) is 10.6 Å². The lowest BCUT2D eigenvalue weighted by Gasteiger charge is -2.17. The molecule has 3 aromatic heterocycles. The van der Waals surface area contributed by atoms with Gasteiger partial charge in [0.05, 0.1) is 10.6 Å². The summed E-state index contributed by atoms with van der Waals surface area (Å²) in [5.74, 6) is -0.398. The molecular formula is C17H20N4O3S3. The van der Waals surface area contributed by atoms with E-state index in [1.54, 1.807) is 32.2 Å². The van der Waals surface area contributed by atoms with E-state index in [1.807, 2.05) is 22.9 Å². The molecule has 27 heavy (non-hydrogen) atoms. The van der Waals surface area contributed by atoms with Crippen LogP contribution in [0.15, 0.2) is 40.1 Å². The second kappa shape index (κ2) is 7.93. The first-order valence-corrected chi connectivity index (χ1v) is 11.5. The number of anilines is 1. The Bertz CT molecular complexity index is 1030. The van der Waals surface area contributed by atoms with E-state index in [4.69, 9.17) is 0 Å². The fourth-order valence-corrected chi connectivity index (χ4v) is 5.64. The molecule has 0 radical (unpaired) electrons. The fraction of sp³-hybridized carbons (Fsp3) is 0.294. The quantitative estimate of drug-likeness (QED) is 0.629. The van der Waals surface area contributed by atoms with Crippen molar-refractivity contribution in [1.82, 2.24) is 13.9 Å². The average molecular weight is 425 g/mol. The van der Waals surface area contributed by atoms with E-state index in [0.717, 1.165) is 10.6 Å². The largest absolute Gasteiger partial charge is 0.345 e. The van der Waals surface area contributed by atoms with Crippen molar-refractivity contribution in [3.63, 3.8) is 0 Å². The van der Waals surface area contributed by atoms with E-state index < -0.39 is 15.9 Å². The van der Waals surface area contributed by atoms with Gasteiger partial charge in [-0.05, 0) is 17.5 Å². The van der Waals surface area contributed by atoms with Crippen LogP contribution in [-0.2, 0) is 17.1 Å². The molecule has 0 unspecified atom stereocenters. The molecule has 0 aliphatic rings. The van der Waals surface area contributed by atoms with Crippen LogP contribution in [0.1, 0.15) is 24.3 Å². The Labute approximate surface area is 166 Å². The van der Waals surface area contributed by atoms with Crippen LogP contribution in [0, 0.1) is 0 Å². The number of nitrogens with one attached hydrogen (secondary N) is 1. The molecule has 0 fully saturated rings. The number of amides is 1. The standard InChI is InChI=1S/C17H20N4O3S3/c1-4-21(5-2)27(23,24)12-9-14(20(3)10-12)16(22)19-17-18-13(11-26-17)15-7-6-8-25-15/h6-11H,4-5H2,1-3H3,(H,18,19,22). The highest BCUT2D eigenvalue weighted by Gasteiger charge is 2.25. The van der Waals surface area contributed by atoms with E-state index >= 15 is 0 Å². The predicted molar refractivity (Wildman–Crippen MR) is 109 cm³/mol. The predicted octanol–water partition coefficient (Wildman–Crippen LogP) is 3.49. The van der Waals surface area contributed by atoms with Crippen molar-refractivity contribution in [3.8, 4) is 10.6 Å². The summed E-state index contributed by atoms with van der Waals surface area (Å²) in [4.78, 5) is 18.2. The number of rotatable bonds is 7. The van der Waals surface area contributed by atoms with Crippen molar-refractivity contribution in [2.24, 2.45) is 7.05 Å². The van der Waals surface area contributed by atoms with Gasteiger partial charge in [-0.3, -0.25) is 10.1 Å². The number of hydrogen-bond donors (Lipinski definition) is 1. The number of carbonyl (C=O) groups is 1. The van der Waals surface area contributed by atoms with Crippen LogP contribution in [0.5, 0.6) is 0 Å². The summed E-state index contributed by atoms with van der Waals surface area (Å²) in [6.45, 7) is 4.32. The minimum absolute atomic E-state index is 0.109. The summed E-state index contributed by atoms with van der Waals surface area (Å²) in [6.07, 6.45) is 1.46. The molecule has 0 saturated carbocycles. The van der Waals surface area contributed by atoms with Crippen LogP contribution in [0.3, 0.4) is 0 Å². The number of thiophene rings is 1. The van der Waals surface area contributed by atoms with Gasteiger partial charge in [-0.25, -0.2) is 13.4 Å². The molecule has 0 saturated heterocycles. The molecule has 3 heterocycles. The minimum atomic E-state index is -3.61. The Balaban J connectivity index is 1.81. The van der Waals surface area contributed by atoms with Crippen LogP contribution in [-0.4, -0.2) is 41.3 Å². The Morgan fingerprint density at radius 3 is 2.67 bits per heavy atom. The summed E-state index contributed by atoms with van der Waals surface area (Å²) < 4.78 is 28.2. The van der Waals surface area contributed by atoms with E-state index in [-0.39, 0.29) is 10.6 Å². The third-order valence-electron chi connectivity index (χ3n) is 4.05. The third-order valence-corrected chi connectivity index (χ3v) is 7.72. The number of nitrogens with zero attached hydrogens (tertiary/aromatic N) is 3. The lowest BCUT2D eigenvalue weighted by molar-refractivity contribution is 0.101. The second-order valence-electron chi connectivity index (χ2n) is 5.73. The molecule has 3 aromatic rings. The molecule has 0 atom stereocenters. The van der Waals surface area contributed by atoms with Crippen molar-refractivity contribution < 1.29 is 13.2 Å². The van der Waals surface area contributed by atoms with E-state index in [2.05, 4.69) is 10.3 Å². The topological polar surface area (TPSA) is 84.3 Å². The lowest BCUT2D eigenvalue weighted by Crippen LogP contribution is -2.30. The van der Waals surface area contributed by atoms with E-state index in [9.17, 15) is 13.2 Å². The smallest absolute Gasteiger partial charge is 0.274 e. The first-order chi connectivity index (χ1) is 12.9. The van der Waals surface area contributed by atoms with Gasteiger partial charge in [0.2, 0.25) is 10.0 Å². The molecule has 10 heteroatoms. The van der Waals surface area contributed by atoms with Gasteiger partial charge in [-0.1, -0.05) is 19.9 Å². The molecule has 3 rings (SSSR count). The number of aryl methyl sites for hydroxylation is 1. The molecule has 1 amide bonds. The highest BCUT2D eigenvalue weighted by molar-refractivity contribution is 7.89. The van der Waals surface area contributed by atoms with Gasteiger partial charge in [0.15, 0.2) is 5.13 Å². The van der Waals surface area contributed by atoms with E-state index in [1.165, 1.54) is 32.5 Å². The summed E-state index contributed by atoms with van der Waals surface area (Å²) in [6, 6.07) is 5.31. The monoisotopic (exact) mass is 424 g/mol. The number of carbonyl (C=O) groups excluding carboxylic acids is 1. The van der Waals surface area contributed by atoms with Gasteiger partial charge >= 0.3 is 0 Å². The molecule has 0 aromatic carbocycles. The van der Waals surface area contributed by atoms with Crippen molar-refractivity contribution in [2.45, 2.75) is 18.7 Å². The van der Waals surface area contributed by atoms with Crippen LogP contribution < -0.4 is 5.32 Å². The van der Waals surface area contributed by atoms with Crippen molar-refractivity contribution in [3.05, 3.63) is 40.8 Å². The Kier molecular flexibility index (Phi) is 5.80. The Morgan fingerprint density at radius 1 is 1.30 bits per heavy atom. The van der Waals surface area contributed by atoms with Crippen molar-refractivity contribution >= 4 is 43.7 Å². The summed E-state index contributed by atoms with van der Waals surface area (Å²) in [5, 5.41) is 7.06. The van der Waals surface area contributed by atoms with Crippen LogP contribution in [0.2, 0.25) is 0 Å². The molecule has 144 valence electrons. The maximum atomic E-state index is 12.6. The third kappa shape index (κ3) is 3.98. The normalized spacial score (nSPS) is 11.9. The van der Waals surface area contributed by atoms with Gasteiger partial charge in [-0.15, -0.1) is 22.7 Å². The molecule has 0 aliphatic carbocycles. The first-order valence-electron chi connectivity index (χ1n) is 8.34. The molecule has 7 nitrogen and oxygen atoms in total. The molecular weight excluding hydrogens is 404 g/mol. The zero-order valence-electron chi connectivity index (χ0n) is 15.2. The van der Waals surface area contributed by atoms with Gasteiger partial charge in [-0.2, -0.15) is 4.31 Å². The highest BCUT2D eigenvalue weighted by Crippen LogP contribution is 2.28. The maximum absolute atomic E-state index is 12.6. The van der Waals surface area contributed by atoms with Gasteiger partial charge < -0.3 is 4.57 Å². The van der Waals surface area contributed by atoms with E-state index in [0.29, 0.717) is 18.2 Å². The van der Waals surface area contributed by atoms with Crippen LogP contribution in [0.4, 0.5) is 5.13 Å². The maximum Gasteiger partial charge on any atom is 0.274 e. The van der Waals surface area contributed by atoms with Gasteiger partial charge in [0.1, 0.15) is 10.6 Å². The number of aromatic nitrogens is 2. The minimum Gasteiger partial charge on any atom is -0.345 e. The zero-order valence-corrected chi connectivity index (χ0v) is 17.6.